The van der Waals surface area contributed by atoms with Gasteiger partial charge >= 0.3 is 0 Å². The third kappa shape index (κ3) is 4.70. The molecule has 0 radical (unpaired) electrons. The first-order valence-corrected chi connectivity index (χ1v) is 9.22. The first-order valence-electron chi connectivity index (χ1n) is 7.37. The normalized spacial score (nSPS) is 10.8. The number of carbonyl (C=O) groups is 1. The van der Waals surface area contributed by atoms with Crippen molar-refractivity contribution < 1.29 is 22.9 Å². The molecule has 0 heterocycles. The summed E-state index contributed by atoms with van der Waals surface area (Å²) < 4.78 is 30.0. The van der Waals surface area contributed by atoms with Crippen LogP contribution in [0, 0.1) is 10.1 Å². The van der Waals surface area contributed by atoms with E-state index in [1.807, 2.05) is 0 Å². The quantitative estimate of drug-likeness (QED) is 0.580. The van der Waals surface area contributed by atoms with Gasteiger partial charge in [0.25, 0.3) is 5.69 Å². The molecule has 138 valence electrons. The van der Waals surface area contributed by atoms with Gasteiger partial charge in [-0.25, -0.2) is 8.42 Å². The van der Waals surface area contributed by atoms with Crippen molar-refractivity contribution in [3.05, 3.63) is 58.6 Å². The highest BCUT2D eigenvalue weighted by atomic mass is 32.2. The second kappa shape index (κ2) is 7.83. The van der Waals surface area contributed by atoms with E-state index in [-0.39, 0.29) is 17.1 Å². The Labute approximate surface area is 150 Å². The van der Waals surface area contributed by atoms with Crippen molar-refractivity contribution in [2.24, 2.45) is 0 Å². The monoisotopic (exact) mass is 379 g/mol. The van der Waals surface area contributed by atoms with Crippen molar-refractivity contribution in [3.63, 3.8) is 0 Å². The molecule has 0 aromatic heterocycles. The van der Waals surface area contributed by atoms with Crippen molar-refractivity contribution in [1.82, 2.24) is 0 Å². The van der Waals surface area contributed by atoms with Gasteiger partial charge in [0.2, 0.25) is 15.9 Å². The standard InChI is InChI=1S/C16H17N3O6S/c1-25-15-9-8-13(19(21)22)10-14(15)17-16(20)11-18(26(2,23)24)12-6-4-3-5-7-12/h3-10H,11H2,1-2H3,(H,17,20). The van der Waals surface area contributed by atoms with Crippen LogP contribution in [0.4, 0.5) is 17.1 Å². The van der Waals surface area contributed by atoms with E-state index in [1.54, 1.807) is 30.3 Å². The Balaban J connectivity index is 2.26. The summed E-state index contributed by atoms with van der Waals surface area (Å²) in [5, 5.41) is 13.4. The number of nitro groups is 1. The number of nitrogens with one attached hydrogen (secondary N) is 1. The van der Waals surface area contributed by atoms with E-state index >= 15 is 0 Å². The molecule has 0 aliphatic carbocycles. The van der Waals surface area contributed by atoms with Crippen molar-refractivity contribution in [1.29, 1.82) is 0 Å². The summed E-state index contributed by atoms with van der Waals surface area (Å²) in [6.07, 6.45) is 0.987. The minimum atomic E-state index is -3.71. The maximum Gasteiger partial charge on any atom is 0.271 e. The highest BCUT2D eigenvalue weighted by Gasteiger charge is 2.22. The lowest BCUT2D eigenvalue weighted by atomic mass is 10.2. The molecule has 0 spiro atoms. The fraction of sp³-hybridized carbons (Fsp3) is 0.188. The van der Waals surface area contributed by atoms with Crippen molar-refractivity contribution in [3.8, 4) is 5.75 Å². The molecule has 1 amide bonds. The lowest BCUT2D eigenvalue weighted by Gasteiger charge is -2.22. The number of hydrogen-bond acceptors (Lipinski definition) is 6. The van der Waals surface area contributed by atoms with E-state index in [0.29, 0.717) is 5.69 Å². The summed E-state index contributed by atoms with van der Waals surface area (Å²) >= 11 is 0. The van der Waals surface area contributed by atoms with E-state index in [4.69, 9.17) is 4.74 Å². The van der Waals surface area contributed by atoms with Crippen LogP contribution in [-0.2, 0) is 14.8 Å². The molecule has 0 aliphatic heterocycles. The number of benzene rings is 2. The zero-order chi connectivity index (χ0) is 19.3. The number of anilines is 2. The second-order valence-electron chi connectivity index (χ2n) is 5.30. The average Bonchev–Trinajstić information content (AvgIpc) is 2.59. The molecule has 0 saturated heterocycles. The Morgan fingerprint density at radius 3 is 2.42 bits per heavy atom. The number of carbonyl (C=O) groups excluding carboxylic acids is 1. The largest absolute Gasteiger partial charge is 0.495 e. The molecule has 0 atom stereocenters. The fourth-order valence-electron chi connectivity index (χ4n) is 2.22. The van der Waals surface area contributed by atoms with E-state index in [9.17, 15) is 23.3 Å². The Bertz CT molecular complexity index is 915. The number of rotatable bonds is 7. The van der Waals surface area contributed by atoms with Crippen LogP contribution in [0.5, 0.6) is 5.75 Å². The van der Waals surface area contributed by atoms with Crippen LogP contribution in [0.1, 0.15) is 0 Å². The van der Waals surface area contributed by atoms with Gasteiger partial charge in [-0.05, 0) is 18.2 Å². The number of non-ortho nitro benzene ring substituents is 1. The first kappa shape index (κ1) is 19.2. The smallest absolute Gasteiger partial charge is 0.271 e. The maximum atomic E-state index is 12.3. The summed E-state index contributed by atoms with van der Waals surface area (Å²) in [7, 11) is -2.36. The Morgan fingerprint density at radius 2 is 1.88 bits per heavy atom. The number of sulfonamides is 1. The second-order valence-corrected chi connectivity index (χ2v) is 7.20. The van der Waals surface area contributed by atoms with Crippen molar-refractivity contribution in [2.45, 2.75) is 0 Å². The van der Waals surface area contributed by atoms with Crippen molar-refractivity contribution in [2.75, 3.05) is 29.5 Å². The maximum absolute atomic E-state index is 12.3. The van der Waals surface area contributed by atoms with E-state index in [2.05, 4.69) is 5.32 Å². The number of hydrogen-bond donors (Lipinski definition) is 1. The minimum absolute atomic E-state index is 0.0770. The van der Waals surface area contributed by atoms with Gasteiger partial charge in [0.15, 0.2) is 0 Å². The lowest BCUT2D eigenvalue weighted by molar-refractivity contribution is -0.384. The van der Waals surface area contributed by atoms with Crippen LogP contribution in [0.25, 0.3) is 0 Å². The topological polar surface area (TPSA) is 119 Å². The summed E-state index contributed by atoms with van der Waals surface area (Å²) in [6, 6.07) is 11.9. The molecule has 0 bridgehead atoms. The van der Waals surface area contributed by atoms with E-state index in [0.717, 1.165) is 16.6 Å². The van der Waals surface area contributed by atoms with Gasteiger partial charge < -0.3 is 10.1 Å². The van der Waals surface area contributed by atoms with Gasteiger partial charge in [-0.2, -0.15) is 0 Å². The van der Waals surface area contributed by atoms with Gasteiger partial charge in [0.1, 0.15) is 12.3 Å². The number of nitro benzene ring substituents is 1. The summed E-state index contributed by atoms with van der Waals surface area (Å²) in [4.78, 5) is 22.6. The molecule has 0 unspecified atom stereocenters. The molecular formula is C16H17N3O6S. The zero-order valence-electron chi connectivity index (χ0n) is 14.1. The van der Waals surface area contributed by atoms with Gasteiger partial charge in [-0.1, -0.05) is 18.2 Å². The Kier molecular flexibility index (Phi) is 5.78. The predicted octanol–water partition coefficient (Wildman–Crippen LogP) is 2.01. The zero-order valence-corrected chi connectivity index (χ0v) is 14.9. The van der Waals surface area contributed by atoms with Gasteiger partial charge in [-0.15, -0.1) is 0 Å². The number of ether oxygens (including phenoxy) is 1. The number of amides is 1. The molecule has 0 aliphatic rings. The number of para-hydroxylation sites is 1. The van der Waals surface area contributed by atoms with Crippen LogP contribution < -0.4 is 14.4 Å². The molecule has 9 nitrogen and oxygen atoms in total. The minimum Gasteiger partial charge on any atom is -0.495 e. The molecule has 10 heteroatoms. The van der Waals surface area contributed by atoms with Crippen LogP contribution in [0.15, 0.2) is 48.5 Å². The first-order chi connectivity index (χ1) is 12.2. The Morgan fingerprint density at radius 1 is 1.23 bits per heavy atom. The third-order valence-electron chi connectivity index (χ3n) is 3.40. The highest BCUT2D eigenvalue weighted by Crippen LogP contribution is 2.29. The molecule has 1 N–H and O–H groups in total. The van der Waals surface area contributed by atoms with E-state index in [1.165, 1.54) is 19.2 Å². The van der Waals surface area contributed by atoms with E-state index < -0.39 is 27.4 Å². The molecule has 26 heavy (non-hydrogen) atoms. The molecule has 0 fully saturated rings. The van der Waals surface area contributed by atoms with Crippen LogP contribution >= 0.6 is 0 Å². The van der Waals surface area contributed by atoms with Gasteiger partial charge in [0.05, 0.1) is 29.7 Å². The van der Waals surface area contributed by atoms with Gasteiger partial charge in [0, 0.05) is 12.1 Å². The average molecular weight is 379 g/mol. The highest BCUT2D eigenvalue weighted by molar-refractivity contribution is 7.92. The number of methoxy groups -OCH3 is 1. The van der Waals surface area contributed by atoms with Crippen LogP contribution in [-0.4, -0.2) is 39.2 Å². The lowest BCUT2D eigenvalue weighted by Crippen LogP contribution is -2.37. The Hall–Kier alpha value is -3.14. The summed E-state index contributed by atoms with van der Waals surface area (Å²) in [6.45, 7) is -0.491. The van der Waals surface area contributed by atoms with Crippen LogP contribution in [0.3, 0.4) is 0 Å². The molecule has 0 saturated carbocycles. The summed E-state index contributed by atoms with van der Waals surface area (Å²) in [5.74, 6) is -0.451. The van der Waals surface area contributed by atoms with Gasteiger partial charge in [-0.3, -0.25) is 19.2 Å². The molecule has 2 aromatic carbocycles. The third-order valence-corrected chi connectivity index (χ3v) is 4.54. The summed E-state index contributed by atoms with van der Waals surface area (Å²) in [5.41, 5.74) is 0.175. The predicted molar refractivity (Wildman–Crippen MR) is 96.9 cm³/mol. The molecule has 2 rings (SSSR count). The SMILES string of the molecule is COc1ccc([N+](=O)[O-])cc1NC(=O)CN(c1ccccc1)S(C)(=O)=O. The fourth-order valence-corrected chi connectivity index (χ4v) is 3.08. The van der Waals surface area contributed by atoms with Crippen LogP contribution in [0.2, 0.25) is 0 Å². The molecular weight excluding hydrogens is 362 g/mol. The number of nitrogens with zero attached hydrogens (tertiary/aromatic N) is 2. The van der Waals surface area contributed by atoms with Crippen molar-refractivity contribution >= 4 is 33.0 Å². The molecule has 2 aromatic rings.